The third-order valence-corrected chi connectivity index (χ3v) is 7.09. The number of anilines is 1. The predicted molar refractivity (Wildman–Crippen MR) is 143 cm³/mol. The quantitative estimate of drug-likeness (QED) is 0.381. The summed E-state index contributed by atoms with van der Waals surface area (Å²) in [6.45, 7) is 6.69. The molecule has 188 valence electrons. The van der Waals surface area contributed by atoms with E-state index >= 15 is 0 Å². The molecule has 0 bridgehead atoms. The first-order chi connectivity index (χ1) is 16.7. The number of amides is 1. The number of benzene rings is 2. The third kappa shape index (κ3) is 6.36. The molecule has 1 fully saturated rings. The molecule has 0 unspecified atom stereocenters. The fourth-order valence-corrected chi connectivity index (χ4v) is 5.33. The summed E-state index contributed by atoms with van der Waals surface area (Å²) in [6.07, 6.45) is 8.11. The summed E-state index contributed by atoms with van der Waals surface area (Å²) >= 11 is 0. The van der Waals surface area contributed by atoms with E-state index in [0.717, 1.165) is 48.2 Å². The van der Waals surface area contributed by atoms with Gasteiger partial charge in [-0.2, -0.15) is 0 Å². The molecule has 4 rings (SSSR count). The molecule has 0 aliphatic heterocycles. The first kappa shape index (κ1) is 25.1. The summed E-state index contributed by atoms with van der Waals surface area (Å²) in [5.41, 5.74) is 8.33. The number of carbonyl (C=O) groups excluding carboxylic acids is 1. The smallest absolute Gasteiger partial charge is 0.222 e. The summed E-state index contributed by atoms with van der Waals surface area (Å²) in [6, 6.07) is 16.1. The lowest BCUT2D eigenvalue weighted by molar-refractivity contribution is -0.132. The maximum Gasteiger partial charge on any atom is 0.222 e. The van der Waals surface area contributed by atoms with E-state index in [2.05, 4.69) is 30.3 Å². The number of fused-ring (bicyclic) bond motifs is 1. The first-order valence-electron chi connectivity index (χ1n) is 13.0. The Morgan fingerprint density at radius 3 is 2.51 bits per heavy atom. The number of rotatable bonds is 8. The molecule has 1 aliphatic rings. The van der Waals surface area contributed by atoms with Gasteiger partial charge in [-0.3, -0.25) is 4.79 Å². The van der Waals surface area contributed by atoms with Crippen LogP contribution in [0.25, 0.3) is 11.0 Å². The van der Waals surface area contributed by atoms with Crippen molar-refractivity contribution in [1.82, 2.24) is 14.5 Å². The summed E-state index contributed by atoms with van der Waals surface area (Å²) in [5.74, 6) is 2.24. The van der Waals surface area contributed by atoms with Crippen molar-refractivity contribution in [2.45, 2.75) is 84.2 Å². The van der Waals surface area contributed by atoms with Crippen molar-refractivity contribution >= 4 is 22.9 Å². The van der Waals surface area contributed by atoms with Gasteiger partial charge in [-0.25, -0.2) is 4.98 Å². The zero-order valence-electron chi connectivity index (χ0n) is 21.7. The van der Waals surface area contributed by atoms with E-state index in [1.807, 2.05) is 60.5 Å². The van der Waals surface area contributed by atoms with Crippen LogP contribution in [-0.2, 0) is 4.79 Å². The Morgan fingerprint density at radius 1 is 1.11 bits per heavy atom. The highest BCUT2D eigenvalue weighted by Crippen LogP contribution is 2.36. The number of nitrogen functional groups attached to an aromatic ring is 1. The van der Waals surface area contributed by atoms with Crippen LogP contribution in [0.4, 0.5) is 5.95 Å². The lowest BCUT2D eigenvalue weighted by Gasteiger charge is -2.32. The number of imidazole rings is 1. The maximum atomic E-state index is 13.1. The Labute approximate surface area is 209 Å². The molecule has 1 heterocycles. The Bertz CT molecular complexity index is 1130. The van der Waals surface area contributed by atoms with Gasteiger partial charge in [0, 0.05) is 31.6 Å². The van der Waals surface area contributed by atoms with Crippen molar-refractivity contribution in [2.24, 2.45) is 5.41 Å². The summed E-state index contributed by atoms with van der Waals surface area (Å²) in [5, 5.41) is 0. The minimum Gasteiger partial charge on any atom is -0.457 e. The van der Waals surface area contributed by atoms with Crippen LogP contribution in [0.5, 0.6) is 11.5 Å². The van der Waals surface area contributed by atoms with Crippen LogP contribution in [0.3, 0.4) is 0 Å². The molecule has 0 radical (unpaired) electrons. The molecule has 1 aromatic heterocycles. The fraction of sp³-hybridized carbons (Fsp3) is 0.517. The lowest BCUT2D eigenvalue weighted by atomic mass is 9.86. The van der Waals surface area contributed by atoms with Gasteiger partial charge in [0.05, 0.1) is 11.0 Å². The number of hydrogen-bond donors (Lipinski definition) is 1. The molecule has 3 aromatic rings. The molecule has 6 nitrogen and oxygen atoms in total. The van der Waals surface area contributed by atoms with Gasteiger partial charge in [-0.1, -0.05) is 58.2 Å². The number of nitrogens with zero attached hydrogens (tertiary/aromatic N) is 3. The molecule has 6 heteroatoms. The van der Waals surface area contributed by atoms with Gasteiger partial charge >= 0.3 is 0 Å². The van der Waals surface area contributed by atoms with Crippen LogP contribution >= 0.6 is 0 Å². The van der Waals surface area contributed by atoms with E-state index in [1.54, 1.807) is 0 Å². The van der Waals surface area contributed by atoms with E-state index in [9.17, 15) is 4.79 Å². The molecule has 1 atom stereocenters. The maximum absolute atomic E-state index is 13.1. The molecular formula is C29H40N4O2. The van der Waals surface area contributed by atoms with E-state index in [0.29, 0.717) is 18.4 Å². The second kappa shape index (κ2) is 10.7. The van der Waals surface area contributed by atoms with Gasteiger partial charge in [-0.15, -0.1) is 0 Å². The van der Waals surface area contributed by atoms with Crippen LogP contribution in [0.15, 0.2) is 48.5 Å². The van der Waals surface area contributed by atoms with Crippen molar-refractivity contribution in [3.63, 3.8) is 0 Å². The first-order valence-corrected chi connectivity index (χ1v) is 13.0. The number of carbonyl (C=O) groups is 1. The predicted octanol–water partition coefficient (Wildman–Crippen LogP) is 6.96. The van der Waals surface area contributed by atoms with Crippen LogP contribution in [0.2, 0.25) is 0 Å². The van der Waals surface area contributed by atoms with E-state index in [-0.39, 0.29) is 17.4 Å². The minimum atomic E-state index is 0.0654. The number of hydrogen-bond acceptors (Lipinski definition) is 4. The Morgan fingerprint density at radius 2 is 1.83 bits per heavy atom. The van der Waals surface area contributed by atoms with Gasteiger partial charge < -0.3 is 19.9 Å². The highest BCUT2D eigenvalue weighted by atomic mass is 16.5. The molecular weight excluding hydrogens is 436 g/mol. The van der Waals surface area contributed by atoms with Crippen LogP contribution in [-0.4, -0.2) is 33.4 Å². The van der Waals surface area contributed by atoms with Gasteiger partial charge in [0.15, 0.2) is 0 Å². The minimum absolute atomic E-state index is 0.0654. The monoisotopic (exact) mass is 476 g/mol. The van der Waals surface area contributed by atoms with Crippen LogP contribution in [0, 0.1) is 5.41 Å². The molecule has 1 amide bonds. The highest BCUT2D eigenvalue weighted by molar-refractivity contribution is 5.80. The summed E-state index contributed by atoms with van der Waals surface area (Å²) < 4.78 is 8.20. The van der Waals surface area contributed by atoms with Crippen molar-refractivity contribution in [3.05, 3.63) is 48.5 Å². The Kier molecular flexibility index (Phi) is 7.68. The fourth-order valence-electron chi connectivity index (χ4n) is 5.33. The van der Waals surface area contributed by atoms with Gasteiger partial charge in [0.2, 0.25) is 11.9 Å². The highest BCUT2D eigenvalue weighted by Gasteiger charge is 2.27. The van der Waals surface area contributed by atoms with Crippen molar-refractivity contribution in [1.29, 1.82) is 0 Å². The number of para-hydroxylation sites is 1. The molecule has 0 spiro atoms. The largest absolute Gasteiger partial charge is 0.457 e. The second-order valence-electron chi connectivity index (χ2n) is 11.2. The number of aromatic nitrogens is 2. The van der Waals surface area contributed by atoms with Gasteiger partial charge in [0.25, 0.3) is 0 Å². The van der Waals surface area contributed by atoms with E-state index in [4.69, 9.17) is 10.5 Å². The average molecular weight is 477 g/mol. The van der Waals surface area contributed by atoms with Gasteiger partial charge in [-0.05, 0) is 55.4 Å². The number of nitrogens with two attached hydrogens (primary N) is 1. The van der Waals surface area contributed by atoms with Gasteiger partial charge in [0.1, 0.15) is 11.5 Å². The van der Waals surface area contributed by atoms with Crippen LogP contribution < -0.4 is 10.5 Å². The Balaban J connectivity index is 1.58. The average Bonchev–Trinajstić information content (AvgIpc) is 3.16. The van der Waals surface area contributed by atoms with E-state index < -0.39 is 0 Å². The third-order valence-electron chi connectivity index (χ3n) is 7.09. The molecule has 2 N–H and O–H groups in total. The standard InChI is InChI=1S/C29H40N4O2/c1-29(2,3)20-22(15-18-27(34)32(4)21-11-7-5-8-12-21)33-26-19-24(16-17-25(26)31-28(33)30)35-23-13-9-6-10-14-23/h6,9-10,13-14,16-17,19,21-22H,5,7-8,11-12,15,18,20H2,1-4H3,(H2,30,31)/t22-/m0/s1. The lowest BCUT2D eigenvalue weighted by Crippen LogP contribution is -2.38. The topological polar surface area (TPSA) is 73.4 Å². The van der Waals surface area contributed by atoms with Crippen molar-refractivity contribution < 1.29 is 9.53 Å². The zero-order valence-corrected chi connectivity index (χ0v) is 21.7. The SMILES string of the molecule is CN(C(=O)CC[C@@H](CC(C)(C)C)n1c(N)nc2ccc(Oc3ccccc3)cc21)C1CCCCC1. The second-order valence-corrected chi connectivity index (χ2v) is 11.2. The normalized spacial score (nSPS) is 15.8. The Hall–Kier alpha value is -3.02. The van der Waals surface area contributed by atoms with Crippen molar-refractivity contribution in [2.75, 3.05) is 12.8 Å². The summed E-state index contributed by atoms with van der Waals surface area (Å²) in [4.78, 5) is 19.8. The van der Waals surface area contributed by atoms with E-state index in [1.165, 1.54) is 19.3 Å². The molecule has 35 heavy (non-hydrogen) atoms. The molecule has 1 saturated carbocycles. The molecule has 0 saturated heterocycles. The molecule has 2 aromatic carbocycles. The molecule has 1 aliphatic carbocycles. The summed E-state index contributed by atoms with van der Waals surface area (Å²) in [7, 11) is 1.98. The van der Waals surface area contributed by atoms with Crippen LogP contribution in [0.1, 0.15) is 78.2 Å². The van der Waals surface area contributed by atoms with Crippen molar-refractivity contribution in [3.8, 4) is 11.5 Å². The zero-order chi connectivity index (χ0) is 25.0. The number of ether oxygens (including phenoxy) is 1.